The molecule has 4 rings (SSSR count). The molecule has 152 valence electrons. The number of hydrogen-bond donors (Lipinski definition) is 1. The van der Waals surface area contributed by atoms with Crippen LogP contribution in [0.5, 0.6) is 5.75 Å². The average molecular weight is 415 g/mol. The van der Waals surface area contributed by atoms with E-state index in [1.165, 1.54) is 12.1 Å². The summed E-state index contributed by atoms with van der Waals surface area (Å²) in [4.78, 5) is 26.3. The quantitative estimate of drug-likeness (QED) is 0.597. The molecule has 0 atom stereocenters. The fourth-order valence-electron chi connectivity index (χ4n) is 3.30. The fourth-order valence-corrected chi connectivity index (χ4v) is 4.02. The van der Waals surface area contributed by atoms with E-state index < -0.39 is 0 Å². The molecule has 2 aromatic heterocycles. The zero-order chi connectivity index (χ0) is 20.1. The first-order chi connectivity index (χ1) is 14.2. The molecule has 29 heavy (non-hydrogen) atoms. The second-order valence-corrected chi connectivity index (χ2v) is 7.65. The lowest BCUT2D eigenvalue weighted by molar-refractivity contribution is -0.122. The van der Waals surface area contributed by atoms with Gasteiger partial charge in [-0.3, -0.25) is 9.69 Å². The number of nitrogens with one attached hydrogen (secondary N) is 1. The van der Waals surface area contributed by atoms with Crippen molar-refractivity contribution in [2.24, 2.45) is 0 Å². The van der Waals surface area contributed by atoms with Gasteiger partial charge >= 0.3 is 0 Å². The van der Waals surface area contributed by atoms with Gasteiger partial charge in [0.05, 0.1) is 18.5 Å². The lowest BCUT2D eigenvalue weighted by atomic mass is 10.2. The van der Waals surface area contributed by atoms with Gasteiger partial charge in [0.25, 0.3) is 0 Å². The highest BCUT2D eigenvalue weighted by atomic mass is 32.1. The lowest BCUT2D eigenvalue weighted by Gasteiger charge is -2.35. The van der Waals surface area contributed by atoms with Gasteiger partial charge in [0.2, 0.25) is 5.91 Å². The fraction of sp³-hybridized carbons (Fsp3) is 0.350. The highest BCUT2D eigenvalue weighted by Crippen LogP contribution is 2.27. The first-order valence-corrected chi connectivity index (χ1v) is 10.4. The number of anilines is 1. The second kappa shape index (κ2) is 9.15. The SMILES string of the molecule is O=C(CN1CCN(c2ncnc3sccc23)CC1)NCCOc1ccc(F)cc1. The van der Waals surface area contributed by atoms with E-state index >= 15 is 0 Å². The number of fused-ring (bicyclic) bond motifs is 1. The number of carbonyl (C=O) groups excluding carboxylic acids is 1. The van der Waals surface area contributed by atoms with Crippen LogP contribution < -0.4 is 15.0 Å². The second-order valence-electron chi connectivity index (χ2n) is 6.75. The van der Waals surface area contributed by atoms with Crippen molar-refractivity contribution in [2.75, 3.05) is 50.8 Å². The van der Waals surface area contributed by atoms with Crippen LogP contribution in [0, 0.1) is 5.82 Å². The Labute approximate surface area is 172 Å². The monoisotopic (exact) mass is 415 g/mol. The topological polar surface area (TPSA) is 70.6 Å². The smallest absolute Gasteiger partial charge is 0.234 e. The molecule has 0 bridgehead atoms. The minimum absolute atomic E-state index is 0.0246. The molecule has 0 saturated carbocycles. The maximum Gasteiger partial charge on any atom is 0.234 e. The third-order valence-electron chi connectivity index (χ3n) is 4.79. The number of halogens is 1. The standard InChI is InChI=1S/C20H22FN5O2S/c21-15-1-3-16(4-2-15)28-11-6-22-18(27)13-25-7-9-26(10-8-25)19-17-5-12-29-20(17)24-14-23-19/h1-5,12,14H,6-11,13H2,(H,22,27). The maximum atomic E-state index is 12.9. The van der Waals surface area contributed by atoms with E-state index in [0.29, 0.717) is 25.4 Å². The van der Waals surface area contributed by atoms with Crippen molar-refractivity contribution in [3.05, 3.63) is 47.9 Å². The molecule has 1 saturated heterocycles. The van der Waals surface area contributed by atoms with Gasteiger partial charge in [0.1, 0.15) is 35.1 Å². The van der Waals surface area contributed by atoms with Gasteiger partial charge in [0.15, 0.2) is 0 Å². The van der Waals surface area contributed by atoms with E-state index in [-0.39, 0.29) is 11.7 Å². The van der Waals surface area contributed by atoms with Crippen molar-refractivity contribution in [2.45, 2.75) is 0 Å². The Morgan fingerprint density at radius 3 is 2.72 bits per heavy atom. The number of ether oxygens (including phenoxy) is 1. The molecule has 1 aromatic carbocycles. The third kappa shape index (κ3) is 4.99. The summed E-state index contributed by atoms with van der Waals surface area (Å²) in [5.74, 6) is 1.23. The molecule has 0 aliphatic carbocycles. The van der Waals surface area contributed by atoms with Gasteiger partial charge in [-0.25, -0.2) is 14.4 Å². The van der Waals surface area contributed by atoms with Crippen LogP contribution in [0.2, 0.25) is 0 Å². The molecule has 1 amide bonds. The van der Waals surface area contributed by atoms with E-state index in [2.05, 4.69) is 31.2 Å². The highest BCUT2D eigenvalue weighted by Gasteiger charge is 2.21. The van der Waals surface area contributed by atoms with Crippen LogP contribution in [0.3, 0.4) is 0 Å². The third-order valence-corrected chi connectivity index (χ3v) is 5.61. The van der Waals surface area contributed by atoms with Crippen LogP contribution in [-0.4, -0.2) is 66.7 Å². The number of aromatic nitrogens is 2. The number of piperazine rings is 1. The van der Waals surface area contributed by atoms with Crippen molar-refractivity contribution in [3.63, 3.8) is 0 Å². The molecule has 0 spiro atoms. The molecule has 7 nitrogen and oxygen atoms in total. The van der Waals surface area contributed by atoms with Crippen LogP contribution in [0.1, 0.15) is 0 Å². The van der Waals surface area contributed by atoms with E-state index in [1.54, 1.807) is 29.8 Å². The summed E-state index contributed by atoms with van der Waals surface area (Å²) in [6.45, 7) is 4.36. The van der Waals surface area contributed by atoms with Crippen LogP contribution in [0.15, 0.2) is 42.0 Å². The largest absolute Gasteiger partial charge is 0.492 e. The Bertz CT molecular complexity index is 957. The van der Waals surface area contributed by atoms with Gasteiger partial charge < -0.3 is 15.0 Å². The Morgan fingerprint density at radius 1 is 1.14 bits per heavy atom. The molecule has 0 radical (unpaired) electrons. The summed E-state index contributed by atoms with van der Waals surface area (Å²) in [6, 6.07) is 7.89. The molecule has 1 fully saturated rings. The molecule has 3 aromatic rings. The summed E-state index contributed by atoms with van der Waals surface area (Å²) in [5, 5.41) is 5.98. The summed E-state index contributed by atoms with van der Waals surface area (Å²) >= 11 is 1.61. The summed E-state index contributed by atoms with van der Waals surface area (Å²) in [6.07, 6.45) is 1.61. The Morgan fingerprint density at radius 2 is 1.93 bits per heavy atom. The van der Waals surface area contributed by atoms with Crippen molar-refractivity contribution in [1.82, 2.24) is 20.2 Å². The van der Waals surface area contributed by atoms with E-state index in [1.807, 2.05) is 5.38 Å². The molecule has 1 aliphatic heterocycles. The van der Waals surface area contributed by atoms with E-state index in [9.17, 15) is 9.18 Å². The zero-order valence-corrected chi connectivity index (χ0v) is 16.7. The lowest BCUT2D eigenvalue weighted by Crippen LogP contribution is -2.50. The van der Waals surface area contributed by atoms with Crippen LogP contribution in [0.25, 0.3) is 10.2 Å². The number of amides is 1. The van der Waals surface area contributed by atoms with Gasteiger partial charge in [0, 0.05) is 26.2 Å². The van der Waals surface area contributed by atoms with Crippen molar-refractivity contribution >= 4 is 33.3 Å². The van der Waals surface area contributed by atoms with Crippen LogP contribution in [0.4, 0.5) is 10.2 Å². The maximum absolute atomic E-state index is 12.9. The highest BCUT2D eigenvalue weighted by molar-refractivity contribution is 7.16. The van der Waals surface area contributed by atoms with E-state index in [0.717, 1.165) is 42.2 Å². The van der Waals surface area contributed by atoms with Gasteiger partial charge in [-0.1, -0.05) is 0 Å². The summed E-state index contributed by atoms with van der Waals surface area (Å²) in [7, 11) is 0. The summed E-state index contributed by atoms with van der Waals surface area (Å²) in [5.41, 5.74) is 0. The Kier molecular flexibility index (Phi) is 6.16. The number of thiophene rings is 1. The first-order valence-electron chi connectivity index (χ1n) is 9.49. The van der Waals surface area contributed by atoms with Gasteiger partial charge in [-0.05, 0) is 35.7 Å². The van der Waals surface area contributed by atoms with Gasteiger partial charge in [-0.2, -0.15) is 0 Å². The number of hydrogen-bond acceptors (Lipinski definition) is 7. The molecule has 3 heterocycles. The number of nitrogens with zero attached hydrogens (tertiary/aromatic N) is 4. The van der Waals surface area contributed by atoms with Gasteiger partial charge in [-0.15, -0.1) is 11.3 Å². The minimum atomic E-state index is -0.301. The molecule has 9 heteroatoms. The van der Waals surface area contributed by atoms with Crippen LogP contribution in [-0.2, 0) is 4.79 Å². The number of benzene rings is 1. The van der Waals surface area contributed by atoms with Crippen molar-refractivity contribution < 1.29 is 13.9 Å². The first kappa shape index (κ1) is 19.5. The van der Waals surface area contributed by atoms with Crippen LogP contribution >= 0.6 is 11.3 Å². The van der Waals surface area contributed by atoms with E-state index in [4.69, 9.17) is 4.74 Å². The van der Waals surface area contributed by atoms with Crippen molar-refractivity contribution in [1.29, 1.82) is 0 Å². The molecule has 0 unspecified atom stereocenters. The predicted octanol–water partition coefficient (Wildman–Crippen LogP) is 2.15. The molecular weight excluding hydrogens is 393 g/mol. The molecular formula is C20H22FN5O2S. The molecule has 1 N–H and O–H groups in total. The molecule has 1 aliphatic rings. The summed E-state index contributed by atoms with van der Waals surface area (Å²) < 4.78 is 18.3. The number of carbonyl (C=O) groups is 1. The van der Waals surface area contributed by atoms with Crippen molar-refractivity contribution in [3.8, 4) is 5.75 Å². The zero-order valence-electron chi connectivity index (χ0n) is 15.9. The normalized spacial score (nSPS) is 14.9. The minimum Gasteiger partial charge on any atom is -0.492 e. The number of rotatable bonds is 7. The Balaban J connectivity index is 1.18. The predicted molar refractivity (Wildman–Crippen MR) is 111 cm³/mol. The Hall–Kier alpha value is -2.78. The average Bonchev–Trinajstić information content (AvgIpc) is 3.22.